The van der Waals surface area contributed by atoms with Gasteiger partial charge in [0.1, 0.15) is 0 Å². The van der Waals surface area contributed by atoms with E-state index in [1.807, 2.05) is 24.5 Å². The van der Waals surface area contributed by atoms with Crippen molar-refractivity contribution >= 4 is 11.3 Å². The van der Waals surface area contributed by atoms with Crippen LogP contribution in [0.15, 0.2) is 42.6 Å². The summed E-state index contributed by atoms with van der Waals surface area (Å²) in [7, 11) is 0. The zero-order valence-corrected chi connectivity index (χ0v) is 14.3. The molecule has 0 N–H and O–H groups in total. The minimum atomic E-state index is 0.243. The van der Waals surface area contributed by atoms with E-state index in [4.69, 9.17) is 4.74 Å². The summed E-state index contributed by atoms with van der Waals surface area (Å²) in [5.41, 5.74) is 2.42. The fourth-order valence-electron chi connectivity index (χ4n) is 3.18. The second kappa shape index (κ2) is 7.81. The molecule has 1 saturated heterocycles. The number of ether oxygens (including phenoxy) is 1. The summed E-state index contributed by atoms with van der Waals surface area (Å²) in [6.07, 6.45) is 7.86. The molecule has 3 heterocycles. The van der Waals surface area contributed by atoms with E-state index in [1.54, 1.807) is 11.3 Å². The van der Waals surface area contributed by atoms with Gasteiger partial charge in [-0.1, -0.05) is 12.1 Å². The number of hydrogen-bond acceptors (Lipinski definition) is 5. The Hall–Kier alpha value is -1.56. The van der Waals surface area contributed by atoms with Crippen LogP contribution in [-0.4, -0.2) is 40.2 Å². The molecule has 0 radical (unpaired) electrons. The molecule has 0 aliphatic carbocycles. The Labute approximate surface area is 141 Å². The van der Waals surface area contributed by atoms with E-state index in [1.165, 1.54) is 5.56 Å². The summed E-state index contributed by atoms with van der Waals surface area (Å²) in [6, 6.07) is 4.50. The van der Waals surface area contributed by atoms with Gasteiger partial charge in [-0.3, -0.25) is 9.88 Å². The first kappa shape index (κ1) is 16.3. The van der Waals surface area contributed by atoms with Crippen LogP contribution in [0, 0.1) is 6.92 Å². The van der Waals surface area contributed by atoms with Gasteiger partial charge in [0.25, 0.3) is 0 Å². The molecule has 0 spiro atoms. The summed E-state index contributed by atoms with van der Waals surface area (Å²) in [5.74, 6) is 0. The number of likely N-dealkylation sites (tertiary alicyclic amines) is 1. The van der Waals surface area contributed by atoms with Gasteiger partial charge >= 0.3 is 0 Å². The van der Waals surface area contributed by atoms with Crippen LogP contribution >= 0.6 is 11.3 Å². The SMILES string of the molecule is C=CCO[C@@H]1CCN(Cc2csc(C)n2)[C@H]1Cc1cccnc1. The Kier molecular flexibility index (Phi) is 5.54. The van der Waals surface area contributed by atoms with Crippen LogP contribution in [-0.2, 0) is 17.7 Å². The highest BCUT2D eigenvalue weighted by Crippen LogP contribution is 2.26. The number of aromatic nitrogens is 2. The third-order valence-corrected chi connectivity index (χ3v) is 5.05. The molecule has 2 aromatic heterocycles. The monoisotopic (exact) mass is 329 g/mol. The van der Waals surface area contributed by atoms with E-state index < -0.39 is 0 Å². The first-order valence-electron chi connectivity index (χ1n) is 8.02. The molecule has 1 aliphatic heterocycles. The average Bonchev–Trinajstić information content (AvgIpc) is 3.14. The maximum atomic E-state index is 6.01. The summed E-state index contributed by atoms with van der Waals surface area (Å²) in [5, 5.41) is 3.29. The van der Waals surface area contributed by atoms with Crippen molar-refractivity contribution < 1.29 is 4.74 Å². The Bertz CT molecular complexity index is 628. The van der Waals surface area contributed by atoms with Crippen molar-refractivity contribution in [1.82, 2.24) is 14.9 Å². The normalized spacial score (nSPS) is 21.6. The lowest BCUT2D eigenvalue weighted by Crippen LogP contribution is -2.38. The Morgan fingerprint density at radius 1 is 1.52 bits per heavy atom. The Morgan fingerprint density at radius 2 is 2.43 bits per heavy atom. The molecule has 23 heavy (non-hydrogen) atoms. The van der Waals surface area contributed by atoms with Gasteiger partial charge in [0.15, 0.2) is 0 Å². The van der Waals surface area contributed by atoms with E-state index in [-0.39, 0.29) is 6.10 Å². The first-order valence-corrected chi connectivity index (χ1v) is 8.90. The molecule has 1 aliphatic rings. The van der Waals surface area contributed by atoms with Crippen molar-refractivity contribution in [2.24, 2.45) is 0 Å². The first-order chi connectivity index (χ1) is 11.3. The number of pyridine rings is 1. The van der Waals surface area contributed by atoms with Gasteiger partial charge in [-0.15, -0.1) is 17.9 Å². The molecule has 122 valence electrons. The van der Waals surface area contributed by atoms with Crippen LogP contribution in [0.4, 0.5) is 0 Å². The second-order valence-corrected chi connectivity index (χ2v) is 6.97. The lowest BCUT2D eigenvalue weighted by atomic mass is 10.0. The zero-order chi connectivity index (χ0) is 16.1. The number of aryl methyl sites for hydroxylation is 1. The summed E-state index contributed by atoms with van der Waals surface area (Å²) in [4.78, 5) is 11.3. The van der Waals surface area contributed by atoms with Crippen LogP contribution < -0.4 is 0 Å². The van der Waals surface area contributed by atoms with Crippen LogP contribution in [0.3, 0.4) is 0 Å². The van der Waals surface area contributed by atoms with Crippen molar-refractivity contribution in [3.05, 3.63) is 58.8 Å². The van der Waals surface area contributed by atoms with E-state index >= 15 is 0 Å². The van der Waals surface area contributed by atoms with Gasteiger partial charge < -0.3 is 4.74 Å². The summed E-state index contributed by atoms with van der Waals surface area (Å²) < 4.78 is 6.01. The Morgan fingerprint density at radius 3 is 3.13 bits per heavy atom. The smallest absolute Gasteiger partial charge is 0.0897 e. The highest BCUT2D eigenvalue weighted by molar-refractivity contribution is 7.09. The molecule has 5 heteroatoms. The predicted molar refractivity (Wildman–Crippen MR) is 93.5 cm³/mol. The number of rotatable bonds is 7. The van der Waals surface area contributed by atoms with Gasteiger partial charge in [0.05, 0.1) is 23.4 Å². The molecule has 0 unspecified atom stereocenters. The topological polar surface area (TPSA) is 38.2 Å². The maximum absolute atomic E-state index is 6.01. The van der Waals surface area contributed by atoms with Crippen LogP contribution in [0.25, 0.3) is 0 Å². The third-order valence-electron chi connectivity index (χ3n) is 4.23. The molecule has 0 saturated carbocycles. The summed E-state index contributed by atoms with van der Waals surface area (Å²) in [6.45, 7) is 8.37. The third kappa shape index (κ3) is 4.25. The molecule has 0 bridgehead atoms. The largest absolute Gasteiger partial charge is 0.372 e. The van der Waals surface area contributed by atoms with Crippen molar-refractivity contribution in [1.29, 1.82) is 0 Å². The lowest BCUT2D eigenvalue weighted by Gasteiger charge is -2.27. The molecular formula is C18H23N3OS. The maximum Gasteiger partial charge on any atom is 0.0897 e. The molecule has 4 nitrogen and oxygen atoms in total. The molecule has 0 amide bonds. The quantitative estimate of drug-likeness (QED) is 0.731. The van der Waals surface area contributed by atoms with Crippen LogP contribution in [0.5, 0.6) is 0 Å². The highest BCUT2D eigenvalue weighted by atomic mass is 32.1. The zero-order valence-electron chi connectivity index (χ0n) is 13.5. The fraction of sp³-hybridized carbons (Fsp3) is 0.444. The van der Waals surface area contributed by atoms with E-state index in [0.29, 0.717) is 12.6 Å². The fourth-order valence-corrected chi connectivity index (χ4v) is 3.78. The highest BCUT2D eigenvalue weighted by Gasteiger charge is 2.35. The van der Waals surface area contributed by atoms with Gasteiger partial charge in [-0.2, -0.15) is 0 Å². The molecular weight excluding hydrogens is 306 g/mol. The molecule has 2 aromatic rings. The number of thiazole rings is 1. The van der Waals surface area contributed by atoms with Crippen LogP contribution in [0.2, 0.25) is 0 Å². The van der Waals surface area contributed by atoms with Gasteiger partial charge in [0, 0.05) is 36.9 Å². The number of nitrogens with zero attached hydrogens (tertiary/aromatic N) is 3. The minimum absolute atomic E-state index is 0.243. The predicted octanol–water partition coefficient (Wildman–Crippen LogP) is 3.23. The minimum Gasteiger partial charge on any atom is -0.372 e. The Balaban J connectivity index is 1.72. The molecule has 2 atom stereocenters. The number of hydrogen-bond donors (Lipinski definition) is 0. The second-order valence-electron chi connectivity index (χ2n) is 5.91. The van der Waals surface area contributed by atoms with Crippen molar-refractivity contribution in [2.45, 2.75) is 38.5 Å². The van der Waals surface area contributed by atoms with Crippen molar-refractivity contribution in [3.8, 4) is 0 Å². The molecule has 0 aromatic carbocycles. The average molecular weight is 329 g/mol. The van der Waals surface area contributed by atoms with E-state index in [9.17, 15) is 0 Å². The van der Waals surface area contributed by atoms with Crippen molar-refractivity contribution in [3.63, 3.8) is 0 Å². The molecule has 1 fully saturated rings. The van der Waals surface area contributed by atoms with Gasteiger partial charge in [-0.05, 0) is 31.4 Å². The molecule has 3 rings (SSSR count). The van der Waals surface area contributed by atoms with E-state index in [2.05, 4.69) is 39.8 Å². The van der Waals surface area contributed by atoms with E-state index in [0.717, 1.165) is 36.6 Å². The lowest BCUT2D eigenvalue weighted by molar-refractivity contribution is 0.0419. The van der Waals surface area contributed by atoms with Crippen molar-refractivity contribution in [2.75, 3.05) is 13.2 Å². The van der Waals surface area contributed by atoms with Gasteiger partial charge in [0.2, 0.25) is 0 Å². The van der Waals surface area contributed by atoms with Crippen LogP contribution in [0.1, 0.15) is 22.7 Å². The summed E-state index contributed by atoms with van der Waals surface area (Å²) >= 11 is 1.72. The van der Waals surface area contributed by atoms with Gasteiger partial charge in [-0.25, -0.2) is 4.98 Å². The standard InChI is InChI=1S/C18H23N3OS/c1-3-9-22-18-6-8-21(12-16-13-23-14(2)20-16)17(18)10-15-5-4-7-19-11-15/h3-5,7,11,13,17-18H,1,6,8-10,12H2,2H3/t17-,18+/m0/s1.